The maximum Gasteiger partial charge on any atom is 0.292 e. The molecule has 3 rings (SSSR count). The van der Waals surface area contributed by atoms with Crippen LogP contribution < -0.4 is 10.1 Å². The molecule has 0 atom stereocenters. The lowest BCUT2D eigenvalue weighted by atomic mass is 10.1. The Morgan fingerprint density at radius 2 is 1.79 bits per heavy atom. The molecule has 0 bridgehead atoms. The number of Topliss-reactive ketones (excluding diaryl/α,β-unsaturated/α-hetero) is 1. The lowest BCUT2D eigenvalue weighted by molar-refractivity contribution is -0.383. The summed E-state index contributed by atoms with van der Waals surface area (Å²) < 4.78 is 11.0. The molecule has 0 unspecified atom stereocenters. The number of furan rings is 1. The predicted octanol–water partition coefficient (Wildman–Crippen LogP) is 4.22. The Hall–Kier alpha value is -3.94. The Labute approximate surface area is 159 Å². The third kappa shape index (κ3) is 4.42. The van der Waals surface area contributed by atoms with Crippen molar-refractivity contribution in [2.24, 2.45) is 0 Å². The number of nitrogens with zero attached hydrogens (tertiary/aromatic N) is 1. The molecule has 0 saturated heterocycles. The number of rotatable bonds is 7. The lowest BCUT2D eigenvalue weighted by Gasteiger charge is -2.05. The number of ether oxygens (including phenoxy) is 1. The molecule has 0 radical (unpaired) electrons. The first kappa shape index (κ1) is 18.8. The Kier molecular flexibility index (Phi) is 5.50. The highest BCUT2D eigenvalue weighted by molar-refractivity contribution is 6.03. The van der Waals surface area contributed by atoms with Crippen molar-refractivity contribution >= 4 is 23.1 Å². The zero-order valence-electron chi connectivity index (χ0n) is 14.9. The van der Waals surface area contributed by atoms with Crippen LogP contribution in [0, 0.1) is 10.1 Å². The van der Waals surface area contributed by atoms with Gasteiger partial charge in [0.15, 0.2) is 11.5 Å². The molecule has 1 amide bonds. The Morgan fingerprint density at radius 3 is 2.46 bits per heavy atom. The van der Waals surface area contributed by atoms with Gasteiger partial charge in [-0.25, -0.2) is 0 Å². The Morgan fingerprint density at radius 1 is 1.07 bits per heavy atom. The molecular formula is C20H16N2O6. The summed E-state index contributed by atoms with van der Waals surface area (Å²) in [5.41, 5.74) is 0.455. The van der Waals surface area contributed by atoms with Gasteiger partial charge in [-0.2, -0.15) is 0 Å². The summed E-state index contributed by atoms with van der Waals surface area (Å²) >= 11 is 0. The fourth-order valence-corrected chi connectivity index (χ4v) is 2.44. The highest BCUT2D eigenvalue weighted by atomic mass is 16.6. The van der Waals surface area contributed by atoms with E-state index in [1.54, 1.807) is 36.4 Å². The van der Waals surface area contributed by atoms with Crippen molar-refractivity contribution < 1.29 is 23.7 Å². The number of anilines is 1. The minimum absolute atomic E-state index is 0.00341. The molecule has 0 fully saturated rings. The van der Waals surface area contributed by atoms with Gasteiger partial charge >= 0.3 is 0 Å². The van der Waals surface area contributed by atoms with E-state index in [1.165, 1.54) is 31.2 Å². The summed E-state index contributed by atoms with van der Waals surface area (Å²) in [6, 6.07) is 15.5. The van der Waals surface area contributed by atoms with Crippen molar-refractivity contribution in [1.29, 1.82) is 0 Å². The molecule has 142 valence electrons. The first-order chi connectivity index (χ1) is 13.4. The quantitative estimate of drug-likeness (QED) is 0.373. The zero-order valence-corrected chi connectivity index (χ0v) is 14.9. The number of para-hydroxylation sites is 2. The van der Waals surface area contributed by atoms with Crippen molar-refractivity contribution in [1.82, 2.24) is 0 Å². The molecule has 0 saturated carbocycles. The van der Waals surface area contributed by atoms with Gasteiger partial charge in [-0.3, -0.25) is 19.7 Å². The summed E-state index contributed by atoms with van der Waals surface area (Å²) in [6.45, 7) is 1.56. The average Bonchev–Trinajstić information content (AvgIpc) is 3.16. The number of carbonyl (C=O) groups is 2. The van der Waals surface area contributed by atoms with Gasteiger partial charge in [-0.15, -0.1) is 0 Å². The number of benzene rings is 2. The van der Waals surface area contributed by atoms with Gasteiger partial charge in [-0.1, -0.05) is 12.1 Å². The van der Waals surface area contributed by atoms with Crippen LogP contribution in [0.2, 0.25) is 0 Å². The standard InChI is InChI=1S/C20H16N2O6/c1-13(23)14-6-8-15(9-7-14)27-12-16-10-11-19(28-16)20(24)21-17-4-2-3-5-18(17)22(25)26/h2-11H,12H2,1H3,(H,21,24). The van der Waals surface area contributed by atoms with Crippen molar-refractivity contribution in [3.8, 4) is 5.75 Å². The molecule has 2 aromatic carbocycles. The van der Waals surface area contributed by atoms with Crippen LogP contribution in [0.4, 0.5) is 11.4 Å². The third-order valence-electron chi connectivity index (χ3n) is 3.88. The van der Waals surface area contributed by atoms with E-state index in [0.717, 1.165) is 0 Å². The van der Waals surface area contributed by atoms with Crippen LogP contribution in [0.1, 0.15) is 33.6 Å². The van der Waals surface area contributed by atoms with Crippen molar-refractivity contribution in [2.45, 2.75) is 13.5 Å². The van der Waals surface area contributed by atoms with Crippen LogP contribution in [0.15, 0.2) is 65.1 Å². The first-order valence-electron chi connectivity index (χ1n) is 8.31. The molecule has 8 heteroatoms. The van der Waals surface area contributed by atoms with E-state index in [9.17, 15) is 19.7 Å². The number of hydrogen-bond donors (Lipinski definition) is 1. The normalized spacial score (nSPS) is 10.3. The van der Waals surface area contributed by atoms with Crippen LogP contribution in [-0.2, 0) is 6.61 Å². The van der Waals surface area contributed by atoms with Crippen molar-refractivity contribution in [2.75, 3.05) is 5.32 Å². The van der Waals surface area contributed by atoms with Crippen LogP contribution >= 0.6 is 0 Å². The first-order valence-corrected chi connectivity index (χ1v) is 8.31. The van der Waals surface area contributed by atoms with Crippen molar-refractivity contribution in [3.63, 3.8) is 0 Å². The van der Waals surface area contributed by atoms with Gasteiger partial charge in [0.2, 0.25) is 0 Å². The minimum atomic E-state index is -0.605. The van der Waals surface area contributed by atoms with Crippen LogP contribution in [0.3, 0.4) is 0 Å². The molecule has 28 heavy (non-hydrogen) atoms. The van der Waals surface area contributed by atoms with E-state index in [2.05, 4.69) is 5.32 Å². The lowest BCUT2D eigenvalue weighted by Crippen LogP contribution is -2.12. The van der Waals surface area contributed by atoms with E-state index in [-0.39, 0.29) is 29.5 Å². The molecule has 0 aliphatic heterocycles. The number of ketones is 1. The van der Waals surface area contributed by atoms with Gasteiger partial charge < -0.3 is 14.5 Å². The largest absolute Gasteiger partial charge is 0.486 e. The fourth-order valence-electron chi connectivity index (χ4n) is 2.44. The summed E-state index contributed by atoms with van der Waals surface area (Å²) in [5, 5.41) is 13.5. The summed E-state index contributed by atoms with van der Waals surface area (Å²) in [7, 11) is 0. The van der Waals surface area contributed by atoms with Crippen molar-refractivity contribution in [3.05, 3.63) is 87.9 Å². The second-order valence-electron chi connectivity index (χ2n) is 5.86. The zero-order chi connectivity index (χ0) is 20.1. The molecule has 1 heterocycles. The maximum atomic E-state index is 12.3. The molecular weight excluding hydrogens is 364 g/mol. The number of nitro benzene ring substituents is 1. The second-order valence-corrected chi connectivity index (χ2v) is 5.86. The van der Waals surface area contributed by atoms with Crippen LogP contribution in [-0.4, -0.2) is 16.6 Å². The SMILES string of the molecule is CC(=O)c1ccc(OCc2ccc(C(=O)Nc3ccccc3[N+](=O)[O-])o2)cc1. The fraction of sp³-hybridized carbons (Fsp3) is 0.100. The maximum absolute atomic E-state index is 12.3. The molecule has 8 nitrogen and oxygen atoms in total. The molecule has 0 aliphatic carbocycles. The molecule has 1 N–H and O–H groups in total. The molecule has 1 aromatic heterocycles. The third-order valence-corrected chi connectivity index (χ3v) is 3.88. The van der Waals surface area contributed by atoms with Gasteiger partial charge in [0.1, 0.15) is 23.8 Å². The van der Waals surface area contributed by atoms with Gasteiger partial charge in [0, 0.05) is 11.6 Å². The molecule has 3 aromatic rings. The molecule has 0 aliphatic rings. The Balaban J connectivity index is 1.63. The monoisotopic (exact) mass is 380 g/mol. The summed E-state index contributed by atoms with van der Waals surface area (Å²) in [5.74, 6) is 0.317. The Bertz CT molecular complexity index is 1020. The van der Waals surface area contributed by atoms with E-state index >= 15 is 0 Å². The van der Waals surface area contributed by atoms with Gasteiger partial charge in [-0.05, 0) is 49.4 Å². The summed E-state index contributed by atoms with van der Waals surface area (Å²) in [4.78, 5) is 34.0. The highest BCUT2D eigenvalue weighted by Gasteiger charge is 2.18. The minimum Gasteiger partial charge on any atom is -0.486 e. The van der Waals surface area contributed by atoms with E-state index in [4.69, 9.17) is 9.15 Å². The second kappa shape index (κ2) is 8.17. The topological polar surface area (TPSA) is 112 Å². The number of hydrogen-bond acceptors (Lipinski definition) is 6. The van der Waals surface area contributed by atoms with Gasteiger partial charge in [0.05, 0.1) is 4.92 Å². The number of carbonyl (C=O) groups excluding carboxylic acids is 2. The van der Waals surface area contributed by atoms with E-state index in [1.807, 2.05) is 0 Å². The van der Waals surface area contributed by atoms with Gasteiger partial charge in [0.25, 0.3) is 11.6 Å². The van der Waals surface area contributed by atoms with Crippen LogP contribution in [0.25, 0.3) is 0 Å². The highest BCUT2D eigenvalue weighted by Crippen LogP contribution is 2.24. The number of nitrogens with one attached hydrogen (secondary N) is 1. The summed E-state index contributed by atoms with van der Waals surface area (Å²) in [6.07, 6.45) is 0. The smallest absolute Gasteiger partial charge is 0.292 e. The van der Waals surface area contributed by atoms with E-state index in [0.29, 0.717) is 17.1 Å². The number of nitro groups is 1. The number of amides is 1. The molecule has 0 spiro atoms. The van der Waals surface area contributed by atoms with Crippen LogP contribution in [0.5, 0.6) is 5.75 Å². The predicted molar refractivity (Wildman–Crippen MR) is 101 cm³/mol. The average molecular weight is 380 g/mol. The van der Waals surface area contributed by atoms with E-state index < -0.39 is 10.8 Å².